The number of nitrogen functional groups attached to an aromatic ring is 1. The second-order valence-electron chi connectivity index (χ2n) is 8.66. The number of hydrogen-bond acceptors (Lipinski definition) is 3. The molecule has 1 aromatic heterocycles. The lowest BCUT2D eigenvalue weighted by Gasteiger charge is -2.08. The minimum absolute atomic E-state index is 0.147. The molecule has 0 unspecified atom stereocenters. The van der Waals surface area contributed by atoms with Crippen molar-refractivity contribution in [1.29, 1.82) is 0 Å². The number of nitrogens with zero attached hydrogens (tertiary/aromatic N) is 2. The molecule has 3 aromatic carbocycles. The Balaban J connectivity index is 1.38. The van der Waals surface area contributed by atoms with E-state index in [1.165, 1.54) is 37.0 Å². The molecule has 176 valence electrons. The molecule has 0 aliphatic heterocycles. The Morgan fingerprint density at radius 2 is 1.62 bits per heavy atom. The first-order chi connectivity index (χ1) is 16.5. The van der Waals surface area contributed by atoms with E-state index < -0.39 is 0 Å². The summed E-state index contributed by atoms with van der Waals surface area (Å²) >= 11 is 0. The summed E-state index contributed by atoms with van der Waals surface area (Å²) in [5.74, 6) is 0.0679. The van der Waals surface area contributed by atoms with Crippen LogP contribution in [0.15, 0.2) is 66.7 Å². The topological polar surface area (TPSA) is 72.9 Å². The van der Waals surface area contributed by atoms with Gasteiger partial charge in [0.05, 0.1) is 11.0 Å². The number of fused-ring (bicyclic) bond motifs is 1. The van der Waals surface area contributed by atoms with Gasteiger partial charge >= 0.3 is 0 Å². The van der Waals surface area contributed by atoms with E-state index in [-0.39, 0.29) is 11.7 Å². The number of aromatic nitrogens is 2. The number of aryl methyl sites for hydroxylation is 3. The van der Waals surface area contributed by atoms with E-state index in [4.69, 9.17) is 5.73 Å². The van der Waals surface area contributed by atoms with Gasteiger partial charge in [-0.25, -0.2) is 9.37 Å². The van der Waals surface area contributed by atoms with Gasteiger partial charge in [-0.3, -0.25) is 4.79 Å². The standard InChI is InChI=1S/C28H31FN4O/c1-2-3-4-6-20-8-12-22(13-9-20)27(34)31-24-16-17-26-25(19-24)32-28(30)33(26)18-5-7-21-10-14-23(29)15-11-21/h8-17,19H,2-7,18H2,1H3,(H2,30,32)(H,31,34). The number of benzene rings is 3. The molecule has 0 saturated carbocycles. The van der Waals surface area contributed by atoms with Crippen LogP contribution in [0.1, 0.15) is 54.1 Å². The van der Waals surface area contributed by atoms with Crippen molar-refractivity contribution in [2.45, 2.75) is 52.0 Å². The van der Waals surface area contributed by atoms with Crippen molar-refractivity contribution in [3.05, 3.63) is 89.2 Å². The largest absolute Gasteiger partial charge is 0.369 e. The summed E-state index contributed by atoms with van der Waals surface area (Å²) in [6.45, 7) is 2.90. The molecule has 1 heterocycles. The lowest BCUT2D eigenvalue weighted by molar-refractivity contribution is 0.102. The van der Waals surface area contributed by atoms with Crippen molar-refractivity contribution in [3.63, 3.8) is 0 Å². The number of amides is 1. The van der Waals surface area contributed by atoms with Crippen molar-refractivity contribution in [1.82, 2.24) is 9.55 Å². The van der Waals surface area contributed by atoms with Crippen molar-refractivity contribution >= 4 is 28.6 Å². The molecule has 0 atom stereocenters. The molecule has 0 fully saturated rings. The zero-order valence-electron chi connectivity index (χ0n) is 19.6. The van der Waals surface area contributed by atoms with Gasteiger partial charge in [0.1, 0.15) is 5.82 Å². The first-order valence-electron chi connectivity index (χ1n) is 11.9. The summed E-state index contributed by atoms with van der Waals surface area (Å²) in [4.78, 5) is 17.2. The highest BCUT2D eigenvalue weighted by Gasteiger charge is 2.11. The van der Waals surface area contributed by atoms with Gasteiger partial charge in [-0.1, -0.05) is 44.0 Å². The third kappa shape index (κ3) is 5.81. The van der Waals surface area contributed by atoms with Crippen LogP contribution < -0.4 is 11.1 Å². The van der Waals surface area contributed by atoms with Crippen LogP contribution in [0.2, 0.25) is 0 Å². The summed E-state index contributed by atoms with van der Waals surface area (Å²) in [6, 6.07) is 20.0. The maximum Gasteiger partial charge on any atom is 0.255 e. The molecular weight excluding hydrogens is 427 g/mol. The van der Waals surface area contributed by atoms with Gasteiger partial charge in [-0.2, -0.15) is 0 Å². The van der Waals surface area contributed by atoms with E-state index in [9.17, 15) is 9.18 Å². The number of nitrogens with one attached hydrogen (secondary N) is 1. The summed E-state index contributed by atoms with van der Waals surface area (Å²) < 4.78 is 15.1. The molecule has 0 saturated heterocycles. The van der Waals surface area contributed by atoms with Gasteiger partial charge in [0.25, 0.3) is 5.91 Å². The number of carbonyl (C=O) groups is 1. The molecule has 0 radical (unpaired) electrons. The van der Waals surface area contributed by atoms with E-state index in [0.29, 0.717) is 23.7 Å². The van der Waals surface area contributed by atoms with E-state index in [1.807, 2.05) is 47.0 Å². The highest BCUT2D eigenvalue weighted by molar-refractivity contribution is 6.05. The smallest absolute Gasteiger partial charge is 0.255 e. The summed E-state index contributed by atoms with van der Waals surface area (Å²) in [7, 11) is 0. The van der Waals surface area contributed by atoms with Crippen LogP contribution in [0.3, 0.4) is 0 Å². The maximum atomic E-state index is 13.1. The Kier molecular flexibility index (Phi) is 7.58. The van der Waals surface area contributed by atoms with E-state index in [2.05, 4.69) is 17.2 Å². The molecule has 0 bridgehead atoms. The first-order valence-corrected chi connectivity index (χ1v) is 11.9. The zero-order valence-corrected chi connectivity index (χ0v) is 19.6. The van der Waals surface area contributed by atoms with Crippen molar-refractivity contribution in [2.75, 3.05) is 11.1 Å². The van der Waals surface area contributed by atoms with Gasteiger partial charge in [-0.05, 0) is 79.3 Å². The molecule has 0 spiro atoms. The Morgan fingerprint density at radius 3 is 2.32 bits per heavy atom. The molecule has 0 aliphatic carbocycles. The van der Waals surface area contributed by atoms with Crippen molar-refractivity contribution in [2.24, 2.45) is 0 Å². The predicted octanol–water partition coefficient (Wildman–Crippen LogP) is 6.38. The molecule has 0 aliphatic rings. The van der Waals surface area contributed by atoms with E-state index in [1.54, 1.807) is 12.1 Å². The Labute approximate surface area is 199 Å². The third-order valence-corrected chi connectivity index (χ3v) is 6.08. The quantitative estimate of drug-likeness (QED) is 0.271. The van der Waals surface area contributed by atoms with E-state index >= 15 is 0 Å². The predicted molar refractivity (Wildman–Crippen MR) is 136 cm³/mol. The van der Waals surface area contributed by atoms with Crippen molar-refractivity contribution in [3.8, 4) is 0 Å². The molecule has 6 heteroatoms. The number of imidazole rings is 1. The number of unbranched alkanes of at least 4 members (excludes halogenated alkanes) is 2. The lowest BCUT2D eigenvalue weighted by Crippen LogP contribution is -2.11. The molecule has 5 nitrogen and oxygen atoms in total. The minimum Gasteiger partial charge on any atom is -0.369 e. The second-order valence-corrected chi connectivity index (χ2v) is 8.66. The van der Waals surface area contributed by atoms with Gasteiger partial charge < -0.3 is 15.6 Å². The van der Waals surface area contributed by atoms with Gasteiger partial charge in [0, 0.05) is 17.8 Å². The molecule has 3 N–H and O–H groups in total. The Morgan fingerprint density at radius 1 is 0.941 bits per heavy atom. The minimum atomic E-state index is -0.226. The monoisotopic (exact) mass is 458 g/mol. The average molecular weight is 459 g/mol. The van der Waals surface area contributed by atoms with Crippen LogP contribution in [-0.4, -0.2) is 15.5 Å². The lowest BCUT2D eigenvalue weighted by atomic mass is 10.1. The molecule has 34 heavy (non-hydrogen) atoms. The van der Waals surface area contributed by atoms with Crippen LogP contribution in [-0.2, 0) is 19.4 Å². The van der Waals surface area contributed by atoms with Crippen LogP contribution in [0.5, 0.6) is 0 Å². The second kappa shape index (κ2) is 11.0. The zero-order chi connectivity index (χ0) is 23.9. The molecule has 4 aromatic rings. The maximum absolute atomic E-state index is 13.1. The number of anilines is 2. The number of rotatable bonds is 10. The fourth-order valence-electron chi connectivity index (χ4n) is 4.16. The summed E-state index contributed by atoms with van der Waals surface area (Å²) in [5.41, 5.74) is 11.5. The molecule has 1 amide bonds. The normalized spacial score (nSPS) is 11.1. The number of carbonyl (C=O) groups excluding carboxylic acids is 1. The number of halogens is 1. The number of nitrogens with two attached hydrogens (primary N) is 1. The number of hydrogen-bond donors (Lipinski definition) is 2. The molecule has 4 rings (SSSR count). The highest BCUT2D eigenvalue weighted by Crippen LogP contribution is 2.23. The van der Waals surface area contributed by atoms with E-state index in [0.717, 1.165) is 35.9 Å². The summed E-state index contributed by atoms with van der Waals surface area (Å²) in [6.07, 6.45) is 6.31. The Bertz CT molecular complexity index is 1250. The summed E-state index contributed by atoms with van der Waals surface area (Å²) in [5, 5.41) is 2.96. The van der Waals surface area contributed by atoms with Gasteiger partial charge in [0.2, 0.25) is 5.95 Å². The molecular formula is C28H31FN4O. The average Bonchev–Trinajstić information content (AvgIpc) is 3.15. The van der Waals surface area contributed by atoms with Crippen LogP contribution in [0.25, 0.3) is 11.0 Å². The van der Waals surface area contributed by atoms with Gasteiger partial charge in [-0.15, -0.1) is 0 Å². The fourth-order valence-corrected chi connectivity index (χ4v) is 4.16. The SMILES string of the molecule is CCCCCc1ccc(C(=O)Nc2ccc3c(c2)nc(N)n3CCCc2ccc(F)cc2)cc1. The van der Waals surface area contributed by atoms with Gasteiger partial charge in [0.15, 0.2) is 0 Å². The van der Waals surface area contributed by atoms with Crippen LogP contribution in [0, 0.1) is 5.82 Å². The van der Waals surface area contributed by atoms with Crippen LogP contribution >= 0.6 is 0 Å². The fraction of sp³-hybridized carbons (Fsp3) is 0.286. The first kappa shape index (κ1) is 23.5. The third-order valence-electron chi connectivity index (χ3n) is 6.08. The Hall–Kier alpha value is -3.67. The highest BCUT2D eigenvalue weighted by atomic mass is 19.1. The van der Waals surface area contributed by atoms with Crippen molar-refractivity contribution < 1.29 is 9.18 Å². The van der Waals surface area contributed by atoms with Crippen LogP contribution in [0.4, 0.5) is 16.0 Å².